The van der Waals surface area contributed by atoms with E-state index < -0.39 is 0 Å². The van der Waals surface area contributed by atoms with E-state index in [9.17, 15) is 0 Å². The molecule has 1 heterocycles. The largest absolute Gasteiger partial charge is 0.347 e. The van der Waals surface area contributed by atoms with Gasteiger partial charge < -0.3 is 9.47 Å². The average Bonchev–Trinajstić information content (AvgIpc) is 2.89. The van der Waals surface area contributed by atoms with Gasteiger partial charge in [-0.25, -0.2) is 0 Å². The molecule has 0 amide bonds. The van der Waals surface area contributed by atoms with Crippen LogP contribution in [0, 0.1) is 0 Å². The molecular weight excluding hydrogens is 228 g/mol. The molecule has 1 aromatic carbocycles. The zero-order valence-corrected chi connectivity index (χ0v) is 10.7. The van der Waals surface area contributed by atoms with Gasteiger partial charge in [-0.05, 0) is 19.9 Å². The minimum atomic E-state index is -0.370. The SMILES string of the molecule is CCOC(OCC)c1cc(-c2ccccc2)n[nH]1. The van der Waals surface area contributed by atoms with Gasteiger partial charge in [0.2, 0.25) is 0 Å². The van der Waals surface area contributed by atoms with Crippen LogP contribution in [0.4, 0.5) is 0 Å². The number of aromatic amines is 1. The molecule has 4 heteroatoms. The number of aromatic nitrogens is 2. The molecular formula is C14H18N2O2. The Morgan fingerprint density at radius 2 is 1.78 bits per heavy atom. The number of H-pyrrole nitrogens is 1. The molecule has 18 heavy (non-hydrogen) atoms. The van der Waals surface area contributed by atoms with Gasteiger partial charge in [-0.15, -0.1) is 0 Å². The molecule has 0 atom stereocenters. The topological polar surface area (TPSA) is 47.1 Å². The van der Waals surface area contributed by atoms with Crippen LogP contribution in [-0.2, 0) is 9.47 Å². The Hall–Kier alpha value is -1.65. The van der Waals surface area contributed by atoms with Crippen molar-refractivity contribution in [2.75, 3.05) is 13.2 Å². The Kier molecular flexibility index (Phi) is 4.50. The van der Waals surface area contributed by atoms with Crippen molar-refractivity contribution in [3.05, 3.63) is 42.1 Å². The van der Waals surface area contributed by atoms with E-state index in [0.717, 1.165) is 17.0 Å². The lowest BCUT2D eigenvalue weighted by Crippen LogP contribution is -2.09. The maximum atomic E-state index is 5.52. The number of ether oxygens (including phenoxy) is 2. The standard InChI is InChI=1S/C14H18N2O2/c1-3-17-14(18-4-2)13-10-12(15-16-13)11-8-6-5-7-9-11/h5-10,14H,3-4H2,1-2H3,(H,15,16). The summed E-state index contributed by atoms with van der Waals surface area (Å²) in [5.74, 6) is 0. The summed E-state index contributed by atoms with van der Waals surface area (Å²) in [7, 11) is 0. The lowest BCUT2D eigenvalue weighted by Gasteiger charge is -2.14. The summed E-state index contributed by atoms with van der Waals surface area (Å²) in [6.45, 7) is 5.09. The predicted molar refractivity (Wildman–Crippen MR) is 70.0 cm³/mol. The zero-order valence-electron chi connectivity index (χ0n) is 10.7. The third-order valence-corrected chi connectivity index (χ3v) is 2.56. The van der Waals surface area contributed by atoms with Crippen molar-refractivity contribution in [2.24, 2.45) is 0 Å². The molecule has 1 aromatic heterocycles. The Bertz CT molecular complexity index is 462. The van der Waals surface area contributed by atoms with E-state index >= 15 is 0 Å². The molecule has 2 aromatic rings. The summed E-state index contributed by atoms with van der Waals surface area (Å²) in [6.07, 6.45) is -0.370. The number of benzene rings is 1. The van der Waals surface area contributed by atoms with Crippen LogP contribution in [0.1, 0.15) is 25.8 Å². The van der Waals surface area contributed by atoms with Crippen LogP contribution in [-0.4, -0.2) is 23.4 Å². The van der Waals surface area contributed by atoms with Crippen LogP contribution in [0.3, 0.4) is 0 Å². The Balaban J connectivity index is 2.18. The van der Waals surface area contributed by atoms with Crippen LogP contribution in [0.25, 0.3) is 11.3 Å². The van der Waals surface area contributed by atoms with Crippen molar-refractivity contribution >= 4 is 0 Å². The van der Waals surface area contributed by atoms with Crippen molar-refractivity contribution in [2.45, 2.75) is 20.1 Å². The summed E-state index contributed by atoms with van der Waals surface area (Å²) >= 11 is 0. The van der Waals surface area contributed by atoms with Gasteiger partial charge in [0.1, 0.15) is 0 Å². The van der Waals surface area contributed by atoms with Crippen molar-refractivity contribution < 1.29 is 9.47 Å². The summed E-state index contributed by atoms with van der Waals surface area (Å²) in [4.78, 5) is 0. The van der Waals surface area contributed by atoms with E-state index in [2.05, 4.69) is 10.2 Å². The molecule has 0 saturated carbocycles. The van der Waals surface area contributed by atoms with Gasteiger partial charge in [0, 0.05) is 18.8 Å². The molecule has 0 fully saturated rings. The first-order valence-electron chi connectivity index (χ1n) is 6.19. The number of rotatable bonds is 6. The summed E-state index contributed by atoms with van der Waals surface area (Å²) in [5.41, 5.74) is 2.82. The molecule has 0 aliphatic heterocycles. The van der Waals surface area contributed by atoms with Crippen LogP contribution in [0.15, 0.2) is 36.4 Å². The molecule has 0 aliphatic rings. The normalized spacial score (nSPS) is 11.1. The van der Waals surface area contributed by atoms with E-state index in [1.165, 1.54) is 0 Å². The monoisotopic (exact) mass is 246 g/mol. The van der Waals surface area contributed by atoms with E-state index in [1.807, 2.05) is 50.2 Å². The third kappa shape index (κ3) is 2.97. The fraction of sp³-hybridized carbons (Fsp3) is 0.357. The number of nitrogens with one attached hydrogen (secondary N) is 1. The second-order valence-electron chi connectivity index (χ2n) is 3.82. The first kappa shape index (κ1) is 12.8. The molecule has 0 unspecified atom stereocenters. The van der Waals surface area contributed by atoms with Crippen molar-refractivity contribution in [1.29, 1.82) is 0 Å². The van der Waals surface area contributed by atoms with Crippen LogP contribution in [0.5, 0.6) is 0 Å². The minimum absolute atomic E-state index is 0.370. The van der Waals surface area contributed by atoms with Gasteiger partial charge >= 0.3 is 0 Å². The molecule has 0 radical (unpaired) electrons. The first-order chi connectivity index (χ1) is 8.85. The van der Waals surface area contributed by atoms with Crippen molar-refractivity contribution in [3.8, 4) is 11.3 Å². The predicted octanol–water partition coefficient (Wildman–Crippen LogP) is 3.15. The zero-order chi connectivity index (χ0) is 12.8. The highest BCUT2D eigenvalue weighted by molar-refractivity contribution is 5.58. The van der Waals surface area contributed by atoms with E-state index in [4.69, 9.17) is 9.47 Å². The van der Waals surface area contributed by atoms with Crippen molar-refractivity contribution in [1.82, 2.24) is 10.2 Å². The number of nitrogens with zero attached hydrogens (tertiary/aromatic N) is 1. The number of hydrogen-bond acceptors (Lipinski definition) is 3. The Morgan fingerprint density at radius 1 is 1.11 bits per heavy atom. The van der Waals surface area contributed by atoms with Crippen LogP contribution in [0.2, 0.25) is 0 Å². The summed E-state index contributed by atoms with van der Waals surface area (Å²) in [5, 5.41) is 7.26. The second-order valence-corrected chi connectivity index (χ2v) is 3.82. The maximum absolute atomic E-state index is 5.52. The molecule has 1 N–H and O–H groups in total. The maximum Gasteiger partial charge on any atom is 0.200 e. The Labute approximate surface area is 107 Å². The molecule has 0 spiro atoms. The van der Waals surface area contributed by atoms with Gasteiger partial charge in [0.05, 0.1) is 11.4 Å². The van der Waals surface area contributed by atoms with Gasteiger partial charge in [-0.2, -0.15) is 5.10 Å². The second kappa shape index (κ2) is 6.33. The Morgan fingerprint density at radius 3 is 2.39 bits per heavy atom. The highest BCUT2D eigenvalue weighted by atomic mass is 16.7. The smallest absolute Gasteiger partial charge is 0.200 e. The lowest BCUT2D eigenvalue weighted by atomic mass is 10.1. The molecule has 0 saturated heterocycles. The van der Waals surface area contributed by atoms with Gasteiger partial charge in [0.25, 0.3) is 0 Å². The highest BCUT2D eigenvalue weighted by Crippen LogP contribution is 2.22. The molecule has 2 rings (SSSR count). The highest BCUT2D eigenvalue weighted by Gasteiger charge is 2.14. The van der Waals surface area contributed by atoms with E-state index in [-0.39, 0.29) is 6.29 Å². The van der Waals surface area contributed by atoms with E-state index in [1.54, 1.807) is 0 Å². The molecule has 0 aliphatic carbocycles. The quantitative estimate of drug-likeness (QED) is 0.796. The van der Waals surface area contributed by atoms with Gasteiger partial charge in [0.15, 0.2) is 6.29 Å². The average molecular weight is 246 g/mol. The minimum Gasteiger partial charge on any atom is -0.347 e. The molecule has 4 nitrogen and oxygen atoms in total. The fourth-order valence-electron chi connectivity index (χ4n) is 1.74. The van der Waals surface area contributed by atoms with E-state index in [0.29, 0.717) is 13.2 Å². The third-order valence-electron chi connectivity index (χ3n) is 2.56. The molecule has 96 valence electrons. The van der Waals surface area contributed by atoms with Crippen LogP contribution >= 0.6 is 0 Å². The lowest BCUT2D eigenvalue weighted by molar-refractivity contribution is -0.142. The van der Waals surface area contributed by atoms with Crippen molar-refractivity contribution in [3.63, 3.8) is 0 Å². The molecule has 0 bridgehead atoms. The number of hydrogen-bond donors (Lipinski definition) is 1. The van der Waals surface area contributed by atoms with Gasteiger partial charge in [-0.1, -0.05) is 30.3 Å². The van der Waals surface area contributed by atoms with Crippen LogP contribution < -0.4 is 0 Å². The summed E-state index contributed by atoms with van der Waals surface area (Å²) in [6, 6.07) is 12.0. The first-order valence-corrected chi connectivity index (χ1v) is 6.19. The van der Waals surface area contributed by atoms with Gasteiger partial charge in [-0.3, -0.25) is 5.10 Å². The summed E-state index contributed by atoms with van der Waals surface area (Å²) < 4.78 is 11.0. The fourth-order valence-corrected chi connectivity index (χ4v) is 1.74.